The summed E-state index contributed by atoms with van der Waals surface area (Å²) in [7, 11) is 0. The number of hydrogen-bond donors (Lipinski definition) is 0. The van der Waals surface area contributed by atoms with Crippen molar-refractivity contribution in [3.8, 4) is 0 Å². The first-order valence-corrected chi connectivity index (χ1v) is 1.85. The summed E-state index contributed by atoms with van der Waals surface area (Å²) >= 11 is 0. The SMILES string of the molecule is [PoH2].c1ccncc1. The summed E-state index contributed by atoms with van der Waals surface area (Å²) in [6.07, 6.45) is 3.50. The van der Waals surface area contributed by atoms with Crippen LogP contribution < -0.4 is 0 Å². The monoisotopic (exact) mass is 290 g/mol. The number of nitrogens with zero attached hydrogens (tertiary/aromatic N) is 1. The van der Waals surface area contributed by atoms with Crippen LogP contribution in [0.2, 0.25) is 0 Å². The molecule has 1 nitrogen and oxygen atoms in total. The zero-order valence-corrected chi connectivity index (χ0v) is 7.72. The molecule has 0 aliphatic rings. The molecule has 0 amide bonds. The molecule has 1 heterocycles. The summed E-state index contributed by atoms with van der Waals surface area (Å²) in [5.74, 6) is 0. The van der Waals surface area contributed by atoms with Gasteiger partial charge in [0.15, 0.2) is 0 Å². The Labute approximate surface area is 62.2 Å². The molecule has 0 atom stereocenters. The van der Waals surface area contributed by atoms with E-state index >= 15 is 0 Å². The summed E-state index contributed by atoms with van der Waals surface area (Å²) in [4.78, 5) is 3.78. The first-order valence-electron chi connectivity index (χ1n) is 1.85. The van der Waals surface area contributed by atoms with Gasteiger partial charge in [-0.1, -0.05) is 6.07 Å². The molecule has 38 valence electrons. The molecule has 1 aromatic heterocycles. The van der Waals surface area contributed by atoms with E-state index in [1.54, 1.807) is 12.4 Å². The Morgan fingerprint density at radius 1 is 0.857 bits per heavy atom. The third kappa shape index (κ3) is 2.71. The van der Waals surface area contributed by atoms with Crippen molar-refractivity contribution in [2.24, 2.45) is 0 Å². The maximum atomic E-state index is 3.78. The van der Waals surface area contributed by atoms with E-state index in [1.165, 1.54) is 0 Å². The van der Waals surface area contributed by atoms with Crippen molar-refractivity contribution in [3.63, 3.8) is 0 Å². The minimum Gasteiger partial charge on any atom is -0.265 e. The summed E-state index contributed by atoms with van der Waals surface area (Å²) in [5.41, 5.74) is 0. The quantitative estimate of drug-likeness (QED) is 0.663. The molecule has 1 rings (SSSR count). The van der Waals surface area contributed by atoms with Crippen molar-refractivity contribution in [2.75, 3.05) is 0 Å². The predicted molar refractivity (Wildman–Crippen MR) is 32.8 cm³/mol. The molecule has 2 heteroatoms. The molecular weight excluding hydrogens is 283 g/mol. The standard InChI is InChI=1S/C5H5N.Po.2H/c1-2-4-6-5-3-1;;;/h1-5H;;;. The van der Waals surface area contributed by atoms with Crippen LogP contribution in [0.3, 0.4) is 0 Å². The maximum absolute atomic E-state index is 3.78. The second-order valence-corrected chi connectivity index (χ2v) is 1.02. The van der Waals surface area contributed by atoms with Crippen LogP contribution in [0.1, 0.15) is 0 Å². The van der Waals surface area contributed by atoms with Gasteiger partial charge >= 0.3 is 26.6 Å². The number of hydrogen-bond acceptors (Lipinski definition) is 1. The van der Waals surface area contributed by atoms with E-state index in [0.717, 1.165) is 0 Å². The Bertz CT molecular complexity index is 80.0. The van der Waals surface area contributed by atoms with E-state index in [2.05, 4.69) is 4.98 Å². The Kier molecular flexibility index (Phi) is 4.24. The van der Waals surface area contributed by atoms with Gasteiger partial charge in [0.25, 0.3) is 0 Å². The smallest absolute Gasteiger partial charge is 0.0267 e. The van der Waals surface area contributed by atoms with Gasteiger partial charge in [-0.25, -0.2) is 0 Å². The second-order valence-electron chi connectivity index (χ2n) is 1.02. The van der Waals surface area contributed by atoms with Crippen molar-refractivity contribution in [3.05, 3.63) is 30.6 Å². The summed E-state index contributed by atoms with van der Waals surface area (Å²) in [6.45, 7) is 0. The third-order valence-electron chi connectivity index (χ3n) is 0.566. The average molecular weight is 290 g/mol. The van der Waals surface area contributed by atoms with Crippen LogP contribution in [-0.2, 0) is 0 Å². The normalized spacial score (nSPS) is 6.86. The van der Waals surface area contributed by atoms with Gasteiger partial charge in [0.05, 0.1) is 0 Å². The van der Waals surface area contributed by atoms with E-state index in [9.17, 15) is 0 Å². The van der Waals surface area contributed by atoms with Crippen LogP contribution in [0.5, 0.6) is 0 Å². The van der Waals surface area contributed by atoms with Gasteiger partial charge in [0.1, 0.15) is 0 Å². The van der Waals surface area contributed by atoms with Crippen molar-refractivity contribution < 1.29 is 0 Å². The first kappa shape index (κ1) is 7.05. The molecule has 0 saturated heterocycles. The molecule has 0 radical (unpaired) electrons. The predicted octanol–water partition coefficient (Wildman–Crippen LogP) is 0.165. The van der Waals surface area contributed by atoms with Crippen LogP contribution in [0.25, 0.3) is 0 Å². The Hall–Kier alpha value is 0.0461. The Morgan fingerprint density at radius 2 is 1.43 bits per heavy atom. The minimum atomic E-state index is 0. The maximum Gasteiger partial charge on any atom is 0.0267 e. The largest absolute Gasteiger partial charge is 0.265 e. The zero-order valence-electron chi connectivity index (χ0n) is 3.83. The van der Waals surface area contributed by atoms with Crippen molar-refractivity contribution >= 4 is 26.6 Å². The number of rotatable bonds is 0. The number of pyridine rings is 1. The molecule has 0 fully saturated rings. The summed E-state index contributed by atoms with van der Waals surface area (Å²) in [5, 5.41) is 0. The molecule has 0 unspecified atom stereocenters. The molecule has 0 aliphatic heterocycles. The Morgan fingerprint density at radius 3 is 1.57 bits per heavy atom. The molecule has 0 saturated carbocycles. The van der Waals surface area contributed by atoms with Crippen molar-refractivity contribution in [1.82, 2.24) is 4.98 Å². The average Bonchev–Trinajstić information content (AvgIpc) is 1.72. The minimum absolute atomic E-state index is 0. The molecule has 0 aliphatic carbocycles. The Balaban J connectivity index is 0.000000360. The zero-order chi connectivity index (χ0) is 4.24. The van der Waals surface area contributed by atoms with Crippen LogP contribution in [0.4, 0.5) is 0 Å². The molecule has 0 bridgehead atoms. The first-order chi connectivity index (χ1) is 3.00. The van der Waals surface area contributed by atoms with Crippen LogP contribution in [0.15, 0.2) is 30.6 Å². The van der Waals surface area contributed by atoms with E-state index < -0.39 is 0 Å². The van der Waals surface area contributed by atoms with E-state index in [0.29, 0.717) is 0 Å². The van der Waals surface area contributed by atoms with Gasteiger partial charge in [-0.2, -0.15) is 0 Å². The fourth-order valence-electron chi connectivity index (χ4n) is 0.313. The fourth-order valence-corrected chi connectivity index (χ4v) is 0.313. The number of aromatic nitrogens is 1. The molecule has 0 spiro atoms. The fraction of sp³-hybridized carbons (Fsp3) is 0. The second kappa shape index (κ2) is 4.21. The van der Waals surface area contributed by atoms with E-state index in [1.807, 2.05) is 18.2 Å². The van der Waals surface area contributed by atoms with Gasteiger partial charge in [-0.3, -0.25) is 4.98 Å². The van der Waals surface area contributed by atoms with Crippen LogP contribution >= 0.6 is 0 Å². The molecule has 1 aromatic rings. The molecule has 7 heavy (non-hydrogen) atoms. The van der Waals surface area contributed by atoms with Gasteiger partial charge in [-0.05, 0) is 12.1 Å². The van der Waals surface area contributed by atoms with Crippen LogP contribution in [-0.4, -0.2) is 31.6 Å². The topological polar surface area (TPSA) is 12.9 Å². The van der Waals surface area contributed by atoms with Crippen molar-refractivity contribution in [1.29, 1.82) is 0 Å². The summed E-state index contributed by atoms with van der Waals surface area (Å²) in [6, 6.07) is 5.72. The van der Waals surface area contributed by atoms with Gasteiger partial charge in [-0.15, -0.1) is 0 Å². The van der Waals surface area contributed by atoms with E-state index in [4.69, 9.17) is 0 Å². The molecular formula is C5H7NPo. The van der Waals surface area contributed by atoms with E-state index in [-0.39, 0.29) is 26.6 Å². The van der Waals surface area contributed by atoms with Gasteiger partial charge in [0, 0.05) is 12.4 Å². The van der Waals surface area contributed by atoms with Gasteiger partial charge in [0.2, 0.25) is 0 Å². The van der Waals surface area contributed by atoms with Crippen molar-refractivity contribution in [2.45, 2.75) is 0 Å². The van der Waals surface area contributed by atoms with Gasteiger partial charge < -0.3 is 0 Å². The molecule has 0 aromatic carbocycles. The van der Waals surface area contributed by atoms with Crippen LogP contribution in [0, 0.1) is 0 Å². The molecule has 0 N–H and O–H groups in total. The summed E-state index contributed by atoms with van der Waals surface area (Å²) < 4.78 is 0. The third-order valence-corrected chi connectivity index (χ3v) is 0.566.